The van der Waals surface area contributed by atoms with Gasteiger partial charge in [0.2, 0.25) is 5.88 Å². The Morgan fingerprint density at radius 1 is 0.985 bits per heavy atom. The number of pyridine rings is 2. The van der Waals surface area contributed by atoms with Crippen LogP contribution in [0.5, 0.6) is 17.4 Å². The molecule has 5 aromatic rings. The van der Waals surface area contributed by atoms with E-state index in [2.05, 4.69) is 59.1 Å². The summed E-state index contributed by atoms with van der Waals surface area (Å²) >= 11 is 0. The number of nitrogens with one attached hydrogen (secondary N) is 3. The third kappa shape index (κ3) is 8.55. The number of ether oxygens (including phenoxy) is 4. The number of anilines is 2. The summed E-state index contributed by atoms with van der Waals surface area (Å²) in [4.78, 5) is 42.4. The Labute approximate surface area is 382 Å². The molecular formula is C48H54N8O9S. The van der Waals surface area contributed by atoms with Gasteiger partial charge in [-0.25, -0.2) is 9.71 Å². The zero-order valence-electron chi connectivity index (χ0n) is 36.7. The molecule has 6 aliphatic rings. The largest absolute Gasteiger partial charge is 0.474 e. The summed E-state index contributed by atoms with van der Waals surface area (Å²) in [7, 11) is -4.77. The van der Waals surface area contributed by atoms with E-state index in [1.165, 1.54) is 44.7 Å². The number of H-pyrrole nitrogens is 1. The normalized spacial score (nSPS) is 22.3. The molecular weight excluding hydrogens is 865 g/mol. The molecule has 3 N–H and O–H groups in total. The van der Waals surface area contributed by atoms with Gasteiger partial charge >= 0.3 is 5.69 Å². The molecule has 1 spiro atoms. The predicted octanol–water partition coefficient (Wildman–Crippen LogP) is 7.61. The number of aromatic amines is 1. The molecule has 0 unspecified atom stereocenters. The second-order valence-corrected chi connectivity index (χ2v) is 20.5. The molecule has 17 nitrogen and oxygen atoms in total. The number of likely N-dealkylation sites (tertiary alicyclic amines) is 1. The van der Waals surface area contributed by atoms with E-state index in [9.17, 15) is 23.3 Å². The molecule has 0 radical (unpaired) electrons. The van der Waals surface area contributed by atoms with Crippen molar-refractivity contribution in [2.24, 2.45) is 5.41 Å². The summed E-state index contributed by atoms with van der Waals surface area (Å²) in [5.74, 6) is -0.0595. The lowest BCUT2D eigenvalue weighted by atomic mass is 9.59. The number of nitro groups is 1. The quantitative estimate of drug-likeness (QED) is 0.0769. The lowest BCUT2D eigenvalue weighted by Crippen LogP contribution is -2.54. The van der Waals surface area contributed by atoms with Gasteiger partial charge in [0.1, 0.15) is 23.8 Å². The van der Waals surface area contributed by atoms with Crippen LogP contribution in [-0.4, -0.2) is 103 Å². The number of sulfonamides is 1. The molecule has 2 saturated carbocycles. The Morgan fingerprint density at radius 2 is 1.79 bits per heavy atom. The minimum Gasteiger partial charge on any atom is -0.474 e. The van der Waals surface area contributed by atoms with Crippen molar-refractivity contribution in [2.75, 3.05) is 56.3 Å². The van der Waals surface area contributed by atoms with Gasteiger partial charge in [-0.15, -0.1) is 0 Å². The van der Waals surface area contributed by atoms with E-state index in [0.29, 0.717) is 42.1 Å². The van der Waals surface area contributed by atoms with Crippen molar-refractivity contribution in [3.63, 3.8) is 0 Å². The van der Waals surface area contributed by atoms with Crippen molar-refractivity contribution in [3.05, 3.63) is 99.9 Å². The van der Waals surface area contributed by atoms with E-state index in [1.54, 1.807) is 41.6 Å². The third-order valence-electron chi connectivity index (χ3n) is 14.6. The van der Waals surface area contributed by atoms with Gasteiger partial charge in [0, 0.05) is 61.7 Å². The number of piperidine rings is 1. The van der Waals surface area contributed by atoms with Gasteiger partial charge in [-0.2, -0.15) is 13.4 Å². The molecule has 2 atom stereocenters. The minimum absolute atomic E-state index is 0.000295. The number of hydrogen-bond acceptors (Lipinski definition) is 14. The Balaban J connectivity index is 0.791. The number of benzene rings is 2. The lowest BCUT2D eigenvalue weighted by Gasteiger charge is -2.56. The number of fused-ring (bicyclic) bond motifs is 2. The van der Waals surface area contributed by atoms with Gasteiger partial charge in [-0.1, -0.05) is 24.3 Å². The first-order chi connectivity index (χ1) is 32.1. The number of amides is 1. The first-order valence-electron chi connectivity index (χ1n) is 23.3. The number of aromatic nitrogens is 3. The minimum atomic E-state index is -4.77. The molecule has 346 valence electrons. The highest BCUT2D eigenvalue weighted by molar-refractivity contribution is 7.90. The van der Waals surface area contributed by atoms with Crippen LogP contribution in [-0.2, 0) is 19.5 Å². The molecule has 2 aromatic carbocycles. The smallest absolute Gasteiger partial charge is 0.300 e. The van der Waals surface area contributed by atoms with E-state index in [4.69, 9.17) is 18.9 Å². The molecule has 0 bridgehead atoms. The van der Waals surface area contributed by atoms with E-state index in [-0.39, 0.29) is 42.2 Å². The van der Waals surface area contributed by atoms with Gasteiger partial charge in [-0.05, 0) is 117 Å². The molecule has 11 rings (SSSR count). The summed E-state index contributed by atoms with van der Waals surface area (Å²) < 4.78 is 53.3. The van der Waals surface area contributed by atoms with Crippen LogP contribution in [0.4, 0.5) is 17.1 Å². The summed E-state index contributed by atoms with van der Waals surface area (Å²) in [6.45, 7) is 4.27. The standard InChI is InChI=1S/C48H54N8O9S/c57-46(53-66(60,61)43-24-41(56(58)59)44-47(52-43)64-29-32(51-44)28-63-35-12-20-62-21-13-35)39-10-9-33(23-42(39)65-36-22-31-11-16-49-45(31)50-27-36)54-18-14-48(15-19-54)25-34(26-48)55-17-3-6-40(55)38-5-2-1-4-37(38)30-7-8-30/h1-2,4-5,9-11,16,22-24,27,30,32,34-35,40,51H,3,6-8,12-15,17-21,25-26,28-29H2,(H,49,50)(H,53,57)/t32-,40+/m0/s1. The van der Waals surface area contributed by atoms with E-state index >= 15 is 0 Å². The highest BCUT2D eigenvalue weighted by atomic mass is 32.2. The summed E-state index contributed by atoms with van der Waals surface area (Å²) in [5.41, 5.74) is 4.23. The number of rotatable bonds is 13. The zero-order valence-corrected chi connectivity index (χ0v) is 37.5. The third-order valence-corrected chi connectivity index (χ3v) is 15.8. The number of nitrogens with zero attached hydrogens (tertiary/aromatic N) is 5. The Hall–Kier alpha value is -5.82. The average molecular weight is 919 g/mol. The molecule has 7 heterocycles. The molecule has 66 heavy (non-hydrogen) atoms. The van der Waals surface area contributed by atoms with Crippen molar-refractivity contribution in [2.45, 2.75) is 99.4 Å². The molecule has 5 fully saturated rings. The molecule has 3 saturated heterocycles. The predicted molar refractivity (Wildman–Crippen MR) is 245 cm³/mol. The van der Waals surface area contributed by atoms with Crippen LogP contribution in [0.1, 0.15) is 97.7 Å². The maximum Gasteiger partial charge on any atom is 0.300 e. The van der Waals surface area contributed by atoms with Crippen molar-refractivity contribution in [1.82, 2.24) is 24.6 Å². The topological polar surface area (TPSA) is 203 Å². The van der Waals surface area contributed by atoms with Crippen LogP contribution in [0.2, 0.25) is 0 Å². The molecule has 1 amide bonds. The average Bonchev–Trinajstić information content (AvgIpc) is 3.87. The highest BCUT2D eigenvalue weighted by Crippen LogP contribution is 2.55. The second kappa shape index (κ2) is 17.4. The van der Waals surface area contributed by atoms with E-state index in [0.717, 1.165) is 68.4 Å². The Bertz CT molecular complexity index is 2760. The number of hydrogen-bond donors (Lipinski definition) is 3. The fourth-order valence-corrected chi connectivity index (χ4v) is 11.8. The van der Waals surface area contributed by atoms with Gasteiger partial charge in [-0.3, -0.25) is 19.8 Å². The fraction of sp³-hybridized carbons (Fsp3) is 0.479. The van der Waals surface area contributed by atoms with Crippen LogP contribution in [0.15, 0.2) is 78.1 Å². The van der Waals surface area contributed by atoms with Gasteiger partial charge in [0.15, 0.2) is 10.7 Å². The Kier molecular flexibility index (Phi) is 11.3. The maximum atomic E-state index is 14.1. The van der Waals surface area contributed by atoms with Crippen LogP contribution >= 0.6 is 0 Å². The van der Waals surface area contributed by atoms with Crippen LogP contribution in [0, 0.1) is 15.5 Å². The van der Waals surface area contributed by atoms with E-state index in [1.807, 2.05) is 6.07 Å². The summed E-state index contributed by atoms with van der Waals surface area (Å²) in [5, 5.41) is 15.4. The molecule has 3 aromatic heterocycles. The van der Waals surface area contributed by atoms with Crippen LogP contribution in [0.3, 0.4) is 0 Å². The fourth-order valence-electron chi connectivity index (χ4n) is 10.9. The maximum absolute atomic E-state index is 14.1. The van der Waals surface area contributed by atoms with Crippen molar-refractivity contribution >= 4 is 44.0 Å². The monoisotopic (exact) mass is 918 g/mol. The van der Waals surface area contributed by atoms with Crippen molar-refractivity contribution in [3.8, 4) is 17.4 Å². The van der Waals surface area contributed by atoms with Crippen LogP contribution in [0.25, 0.3) is 11.0 Å². The van der Waals surface area contributed by atoms with Crippen LogP contribution < -0.4 is 24.4 Å². The first-order valence-corrected chi connectivity index (χ1v) is 24.8. The van der Waals surface area contributed by atoms with E-state index < -0.39 is 37.6 Å². The van der Waals surface area contributed by atoms with Gasteiger partial charge < -0.3 is 34.1 Å². The lowest BCUT2D eigenvalue weighted by molar-refractivity contribution is -0.384. The van der Waals surface area contributed by atoms with Gasteiger partial charge in [0.05, 0.1) is 41.5 Å². The molecule has 4 aliphatic heterocycles. The second-order valence-electron chi connectivity index (χ2n) is 18.9. The van der Waals surface area contributed by atoms with Crippen molar-refractivity contribution in [1.29, 1.82) is 0 Å². The van der Waals surface area contributed by atoms with Gasteiger partial charge in [0.25, 0.3) is 15.9 Å². The zero-order chi connectivity index (χ0) is 45.0. The number of carbonyl (C=O) groups is 1. The molecule has 18 heteroatoms. The SMILES string of the molecule is O=C(NS(=O)(=O)c1cc([N+](=O)[O-])c2c(n1)OC[C@H](COC1CCOCC1)N2)c1ccc(N2CCC3(CC2)CC(N2CCC[C@@H]2c2ccccc2C2CC2)C3)cc1Oc1cnc2[nH]ccc2c1. The highest BCUT2D eigenvalue weighted by Gasteiger charge is 2.50. The summed E-state index contributed by atoms with van der Waals surface area (Å²) in [6.07, 6.45) is 14.4. The van der Waals surface area contributed by atoms with Crippen molar-refractivity contribution < 1.29 is 37.1 Å². The molecule has 2 aliphatic carbocycles. The summed E-state index contributed by atoms with van der Waals surface area (Å²) in [6, 6.07) is 19.4. The number of carbonyl (C=O) groups excluding carboxylic acids is 1. The Morgan fingerprint density at radius 3 is 2.58 bits per heavy atom. The first kappa shape index (κ1) is 42.8.